The Bertz CT molecular complexity index is 1060. The molecule has 1 fully saturated rings. The summed E-state index contributed by atoms with van der Waals surface area (Å²) >= 11 is 7.21. The molecule has 0 N–H and O–H groups in total. The topological polar surface area (TPSA) is 49.9 Å². The summed E-state index contributed by atoms with van der Waals surface area (Å²) < 4.78 is 33.4. The number of benzene rings is 2. The lowest BCUT2D eigenvalue weighted by molar-refractivity contribution is 0.179. The minimum Gasteiger partial charge on any atom is -0.489 e. The van der Waals surface area contributed by atoms with Gasteiger partial charge in [-0.1, -0.05) is 48.0 Å². The molecule has 4 rings (SSSR count). The lowest BCUT2D eigenvalue weighted by Gasteiger charge is -2.34. The Morgan fingerprint density at radius 1 is 0.933 bits per heavy atom. The smallest absolute Gasteiger partial charge is 0.252 e. The molecule has 0 aliphatic carbocycles. The summed E-state index contributed by atoms with van der Waals surface area (Å²) in [6.07, 6.45) is 0. The molecule has 0 amide bonds. The summed E-state index contributed by atoms with van der Waals surface area (Å²) in [7, 11) is -3.37. The van der Waals surface area contributed by atoms with Crippen molar-refractivity contribution in [1.82, 2.24) is 9.21 Å². The van der Waals surface area contributed by atoms with Gasteiger partial charge in [0.2, 0.25) is 0 Å². The normalized spacial score (nSPS) is 15.9. The zero-order valence-electron chi connectivity index (χ0n) is 16.4. The largest absolute Gasteiger partial charge is 0.489 e. The van der Waals surface area contributed by atoms with E-state index in [-0.39, 0.29) is 0 Å². The maximum absolute atomic E-state index is 12.7. The second-order valence-corrected chi connectivity index (χ2v) is 10.7. The molecule has 1 aromatic heterocycles. The Kier molecular flexibility index (Phi) is 6.75. The van der Waals surface area contributed by atoms with E-state index in [0.717, 1.165) is 23.4 Å². The highest BCUT2D eigenvalue weighted by molar-refractivity contribution is 7.91. The molecule has 0 spiro atoms. The van der Waals surface area contributed by atoms with Gasteiger partial charge in [-0.05, 0) is 35.2 Å². The Morgan fingerprint density at radius 2 is 1.67 bits per heavy atom. The standard InChI is InChI=1S/C22H23ClN2O3S2/c23-20-9-7-18(8-10-20)17-28-21-5-2-1-4-19(21)16-24-11-13-25(14-12-24)30(26,27)22-6-3-15-29-22/h1-10,15H,11-14,16-17H2. The van der Waals surface area contributed by atoms with Crippen LogP contribution in [0.3, 0.4) is 0 Å². The molecule has 1 aliphatic heterocycles. The van der Waals surface area contributed by atoms with Crippen molar-refractivity contribution in [2.24, 2.45) is 0 Å². The molecule has 5 nitrogen and oxygen atoms in total. The van der Waals surface area contributed by atoms with E-state index >= 15 is 0 Å². The van der Waals surface area contributed by atoms with Crippen molar-refractivity contribution in [2.75, 3.05) is 26.2 Å². The maximum atomic E-state index is 12.7. The van der Waals surface area contributed by atoms with Crippen LogP contribution in [0.25, 0.3) is 0 Å². The van der Waals surface area contributed by atoms with Gasteiger partial charge in [0, 0.05) is 43.3 Å². The van der Waals surface area contributed by atoms with E-state index in [1.807, 2.05) is 42.5 Å². The Balaban J connectivity index is 1.36. The summed E-state index contributed by atoms with van der Waals surface area (Å²) in [6.45, 7) is 3.57. The van der Waals surface area contributed by atoms with Crippen LogP contribution < -0.4 is 4.74 Å². The van der Waals surface area contributed by atoms with Gasteiger partial charge in [-0.2, -0.15) is 4.31 Å². The van der Waals surface area contributed by atoms with E-state index in [9.17, 15) is 8.42 Å². The number of nitrogens with zero attached hydrogens (tertiary/aromatic N) is 2. The van der Waals surface area contributed by atoms with Crippen LogP contribution in [0.2, 0.25) is 5.02 Å². The molecule has 0 unspecified atom stereocenters. The van der Waals surface area contributed by atoms with Crippen LogP contribution >= 0.6 is 22.9 Å². The minimum absolute atomic E-state index is 0.414. The third-order valence-corrected chi connectivity index (χ3v) is 8.62. The zero-order valence-corrected chi connectivity index (χ0v) is 18.8. The van der Waals surface area contributed by atoms with Crippen LogP contribution in [0.5, 0.6) is 5.75 Å². The predicted molar refractivity (Wildman–Crippen MR) is 121 cm³/mol. The number of sulfonamides is 1. The van der Waals surface area contributed by atoms with E-state index < -0.39 is 10.0 Å². The number of rotatable bonds is 7. The molecule has 0 atom stereocenters. The highest BCUT2D eigenvalue weighted by Gasteiger charge is 2.29. The second kappa shape index (κ2) is 9.49. The SMILES string of the molecule is O=S(=O)(c1cccs1)N1CCN(Cc2ccccc2OCc2ccc(Cl)cc2)CC1. The average molecular weight is 463 g/mol. The van der Waals surface area contributed by atoms with Crippen molar-refractivity contribution in [3.05, 3.63) is 82.2 Å². The molecule has 0 saturated carbocycles. The molecule has 1 aliphatic rings. The predicted octanol–water partition coefficient (Wildman–Crippen LogP) is 4.49. The molecule has 0 bridgehead atoms. The number of hydrogen-bond donors (Lipinski definition) is 0. The monoisotopic (exact) mass is 462 g/mol. The first-order chi connectivity index (χ1) is 14.5. The number of piperazine rings is 1. The van der Waals surface area contributed by atoms with E-state index in [1.165, 1.54) is 11.3 Å². The lowest BCUT2D eigenvalue weighted by atomic mass is 10.1. The van der Waals surface area contributed by atoms with Crippen LogP contribution in [0.15, 0.2) is 70.3 Å². The summed E-state index contributed by atoms with van der Waals surface area (Å²) in [4.78, 5) is 2.27. The molecule has 0 radical (unpaired) electrons. The first-order valence-electron chi connectivity index (χ1n) is 9.73. The van der Waals surface area contributed by atoms with Crippen molar-refractivity contribution in [2.45, 2.75) is 17.4 Å². The van der Waals surface area contributed by atoms with Crippen molar-refractivity contribution < 1.29 is 13.2 Å². The van der Waals surface area contributed by atoms with Crippen molar-refractivity contribution in [3.8, 4) is 5.75 Å². The van der Waals surface area contributed by atoms with Crippen molar-refractivity contribution in [3.63, 3.8) is 0 Å². The number of hydrogen-bond acceptors (Lipinski definition) is 5. The molecule has 2 aromatic carbocycles. The van der Waals surface area contributed by atoms with Gasteiger partial charge in [-0.3, -0.25) is 4.90 Å². The quantitative estimate of drug-likeness (QED) is 0.519. The van der Waals surface area contributed by atoms with Gasteiger partial charge in [-0.15, -0.1) is 11.3 Å². The van der Waals surface area contributed by atoms with E-state index in [2.05, 4.69) is 11.0 Å². The van der Waals surface area contributed by atoms with Gasteiger partial charge in [0.15, 0.2) is 0 Å². The number of thiophene rings is 1. The molecular formula is C22H23ClN2O3S2. The minimum atomic E-state index is -3.37. The van der Waals surface area contributed by atoms with Crippen LogP contribution in [0.1, 0.15) is 11.1 Å². The molecule has 2 heterocycles. The van der Waals surface area contributed by atoms with Gasteiger partial charge in [-0.25, -0.2) is 8.42 Å². The molecule has 30 heavy (non-hydrogen) atoms. The highest BCUT2D eigenvalue weighted by Crippen LogP contribution is 2.25. The fourth-order valence-electron chi connectivity index (χ4n) is 3.42. The van der Waals surface area contributed by atoms with Gasteiger partial charge in [0.1, 0.15) is 16.6 Å². The number of ether oxygens (including phenoxy) is 1. The van der Waals surface area contributed by atoms with Gasteiger partial charge in [0.25, 0.3) is 10.0 Å². The molecule has 8 heteroatoms. The van der Waals surface area contributed by atoms with Crippen LogP contribution in [-0.2, 0) is 23.2 Å². The fraction of sp³-hybridized carbons (Fsp3) is 0.273. The second-order valence-electron chi connectivity index (χ2n) is 7.14. The third kappa shape index (κ3) is 5.04. The number of halogens is 1. The molecule has 3 aromatic rings. The Labute approximate surface area is 186 Å². The van der Waals surface area contributed by atoms with E-state index in [4.69, 9.17) is 16.3 Å². The van der Waals surface area contributed by atoms with Crippen molar-refractivity contribution >= 4 is 33.0 Å². The van der Waals surface area contributed by atoms with Crippen molar-refractivity contribution in [1.29, 1.82) is 0 Å². The summed E-state index contributed by atoms with van der Waals surface area (Å²) in [5.41, 5.74) is 2.16. The Hall–Kier alpha value is -1.90. The average Bonchev–Trinajstić information content (AvgIpc) is 3.31. The maximum Gasteiger partial charge on any atom is 0.252 e. The van der Waals surface area contributed by atoms with E-state index in [1.54, 1.807) is 21.8 Å². The summed E-state index contributed by atoms with van der Waals surface area (Å²) in [6, 6.07) is 19.1. The first-order valence-corrected chi connectivity index (χ1v) is 12.4. The fourth-order valence-corrected chi connectivity index (χ4v) is 6.12. The molecular weight excluding hydrogens is 440 g/mol. The third-order valence-electron chi connectivity index (χ3n) is 5.09. The Morgan fingerprint density at radius 3 is 2.37 bits per heavy atom. The lowest BCUT2D eigenvalue weighted by Crippen LogP contribution is -2.48. The van der Waals surface area contributed by atoms with Crippen LogP contribution in [0.4, 0.5) is 0 Å². The zero-order chi connectivity index (χ0) is 21.0. The first kappa shape index (κ1) is 21.3. The van der Waals surface area contributed by atoms with E-state index in [0.29, 0.717) is 42.0 Å². The number of para-hydroxylation sites is 1. The van der Waals surface area contributed by atoms with Gasteiger partial charge < -0.3 is 4.74 Å². The highest BCUT2D eigenvalue weighted by atomic mass is 35.5. The summed E-state index contributed by atoms with van der Waals surface area (Å²) in [5, 5.41) is 2.50. The van der Waals surface area contributed by atoms with Crippen LogP contribution in [0, 0.1) is 0 Å². The summed E-state index contributed by atoms with van der Waals surface area (Å²) in [5.74, 6) is 0.848. The molecule has 158 valence electrons. The molecule has 1 saturated heterocycles. The van der Waals surface area contributed by atoms with Gasteiger partial charge in [0.05, 0.1) is 0 Å². The van der Waals surface area contributed by atoms with Crippen LogP contribution in [-0.4, -0.2) is 43.8 Å². The van der Waals surface area contributed by atoms with Gasteiger partial charge >= 0.3 is 0 Å².